The average molecular weight is 281 g/mol. The summed E-state index contributed by atoms with van der Waals surface area (Å²) < 4.78 is 50.3. The number of alkyl halides is 2. The van der Waals surface area contributed by atoms with Gasteiger partial charge in [-0.3, -0.25) is 4.21 Å². The number of fused-ring (bicyclic) bond motifs is 1. The van der Waals surface area contributed by atoms with Gasteiger partial charge in [0.15, 0.2) is 0 Å². The van der Waals surface area contributed by atoms with Crippen LogP contribution in [-0.2, 0) is 11.1 Å². The van der Waals surface area contributed by atoms with Crippen molar-refractivity contribution in [3.8, 4) is 5.88 Å². The van der Waals surface area contributed by atoms with Gasteiger partial charge >= 0.3 is 36.2 Å². The molecule has 0 aliphatic heterocycles. The summed E-state index contributed by atoms with van der Waals surface area (Å²) in [5.74, 6) is -0.287. The van der Waals surface area contributed by atoms with Crippen molar-refractivity contribution < 1.29 is 51.8 Å². The van der Waals surface area contributed by atoms with Crippen molar-refractivity contribution in [3.63, 3.8) is 0 Å². The number of hydrogen-bond acceptors (Lipinski definition) is 4. The van der Waals surface area contributed by atoms with Crippen molar-refractivity contribution in [2.45, 2.75) is 11.5 Å². The third-order valence-electron chi connectivity index (χ3n) is 2.11. The Morgan fingerprint density at radius 1 is 1.28 bits per heavy atom. The molecule has 0 amide bonds. The maximum atomic E-state index is 12.1. The summed E-state index contributed by atoms with van der Waals surface area (Å²) in [4.78, 5) is 3.66. The summed E-state index contributed by atoms with van der Waals surface area (Å²) in [5, 5.41) is 0.529. The molecule has 8 heteroatoms. The molecule has 1 heterocycles. The molecular weight excluding hydrogens is 275 g/mol. The molecule has 1 aromatic carbocycles. The molecule has 0 spiro atoms. The summed E-state index contributed by atoms with van der Waals surface area (Å²) in [6.07, 6.45) is 1.22. The van der Waals surface area contributed by atoms with Gasteiger partial charge < -0.3 is 9.29 Å². The van der Waals surface area contributed by atoms with Gasteiger partial charge in [-0.05, 0) is 29.3 Å². The first-order valence-corrected chi connectivity index (χ1v) is 5.59. The number of pyridine rings is 1. The van der Waals surface area contributed by atoms with Crippen molar-refractivity contribution in [3.05, 3.63) is 30.5 Å². The molecule has 4 nitrogen and oxygen atoms in total. The fraction of sp³-hybridized carbons (Fsp3) is 0.100. The van der Waals surface area contributed by atoms with Crippen LogP contribution in [0.2, 0.25) is 0 Å². The molecule has 0 N–H and O–H groups in total. The van der Waals surface area contributed by atoms with Crippen LogP contribution in [0.15, 0.2) is 35.4 Å². The van der Waals surface area contributed by atoms with Crippen LogP contribution in [0.3, 0.4) is 0 Å². The Morgan fingerprint density at radius 3 is 2.61 bits per heavy atom. The van der Waals surface area contributed by atoms with Crippen LogP contribution in [0.25, 0.3) is 10.8 Å². The molecule has 1 unspecified atom stereocenters. The van der Waals surface area contributed by atoms with Gasteiger partial charge in [-0.2, -0.15) is 8.78 Å². The zero-order chi connectivity index (χ0) is 12.4. The van der Waals surface area contributed by atoms with Gasteiger partial charge in [-0.25, -0.2) is 4.98 Å². The number of halogens is 2. The molecule has 2 aromatic rings. The van der Waals surface area contributed by atoms with Crippen LogP contribution >= 0.6 is 0 Å². The summed E-state index contributed by atoms with van der Waals surface area (Å²) in [6, 6.07) is 5.71. The predicted molar refractivity (Wildman–Crippen MR) is 55.6 cm³/mol. The van der Waals surface area contributed by atoms with Crippen LogP contribution in [0.4, 0.5) is 8.78 Å². The quantitative estimate of drug-likeness (QED) is 0.539. The van der Waals surface area contributed by atoms with E-state index in [1.54, 1.807) is 0 Å². The van der Waals surface area contributed by atoms with E-state index in [4.69, 9.17) is 0 Å². The minimum absolute atomic E-state index is 0. The minimum Gasteiger partial charge on any atom is -0.768 e. The number of aromatic nitrogens is 1. The molecule has 0 fully saturated rings. The third kappa shape index (κ3) is 3.24. The summed E-state index contributed by atoms with van der Waals surface area (Å²) in [5.41, 5.74) is 0. The number of rotatable bonds is 3. The maximum Gasteiger partial charge on any atom is 1.00 e. The van der Waals surface area contributed by atoms with Crippen molar-refractivity contribution in [1.82, 2.24) is 4.98 Å². The molecule has 0 radical (unpaired) electrons. The van der Waals surface area contributed by atoms with Crippen LogP contribution in [-0.4, -0.2) is 20.4 Å². The van der Waals surface area contributed by atoms with E-state index >= 15 is 0 Å². The largest absolute Gasteiger partial charge is 1.00 e. The Kier molecular flexibility index (Phi) is 5.61. The molecule has 2 rings (SSSR count). The van der Waals surface area contributed by atoms with E-state index in [0.717, 1.165) is 0 Å². The molecule has 1 atom stereocenters. The van der Waals surface area contributed by atoms with Crippen molar-refractivity contribution in [1.29, 1.82) is 0 Å². The predicted octanol–water partition coefficient (Wildman–Crippen LogP) is -0.922. The monoisotopic (exact) mass is 281 g/mol. The van der Waals surface area contributed by atoms with Gasteiger partial charge in [0.2, 0.25) is 5.88 Å². The van der Waals surface area contributed by atoms with Crippen molar-refractivity contribution >= 4 is 21.9 Å². The van der Waals surface area contributed by atoms with Gasteiger partial charge in [0, 0.05) is 21.9 Å². The third-order valence-corrected chi connectivity index (χ3v) is 2.82. The fourth-order valence-electron chi connectivity index (χ4n) is 1.48. The molecule has 0 aliphatic rings. The Labute approximate surface area is 126 Å². The molecular formula is C10H6F2NNaO3S. The Hall–Kier alpha value is -0.600. The number of ether oxygens (including phenoxy) is 1. The Balaban J connectivity index is 0.00000162. The first-order chi connectivity index (χ1) is 8.09. The summed E-state index contributed by atoms with van der Waals surface area (Å²) >= 11 is -2.45. The normalized spacial score (nSPS) is 12.2. The standard InChI is InChI=1S/C10H7F2NO3S.Na/c11-10(12)16-9-7-2-1-3-8(17(14)15)6(7)4-5-13-9;/h1-5,10H,(H,14,15);/q;+1/p-1. The van der Waals surface area contributed by atoms with E-state index in [0.29, 0.717) is 5.39 Å². The van der Waals surface area contributed by atoms with E-state index in [-0.39, 0.29) is 45.7 Å². The first-order valence-electron chi connectivity index (χ1n) is 4.51. The van der Waals surface area contributed by atoms with Gasteiger partial charge in [0.05, 0.1) is 0 Å². The number of hydrogen-bond donors (Lipinski definition) is 0. The molecule has 0 saturated heterocycles. The second-order valence-corrected chi connectivity index (χ2v) is 3.99. The molecule has 0 aliphatic carbocycles. The Morgan fingerprint density at radius 2 is 2.00 bits per heavy atom. The Bertz CT molecular complexity index is 582. The zero-order valence-electron chi connectivity index (χ0n) is 9.30. The molecule has 0 saturated carbocycles. The second kappa shape index (κ2) is 6.53. The SMILES string of the molecule is O=S([O-])c1cccc2c(OC(F)F)nccc12.[Na+]. The number of benzene rings is 1. The second-order valence-electron chi connectivity index (χ2n) is 3.08. The first kappa shape index (κ1) is 15.5. The molecule has 18 heavy (non-hydrogen) atoms. The molecule has 90 valence electrons. The number of nitrogens with zero attached hydrogens (tertiary/aromatic N) is 1. The molecule has 0 bridgehead atoms. The van der Waals surface area contributed by atoms with E-state index in [2.05, 4.69) is 9.72 Å². The van der Waals surface area contributed by atoms with Gasteiger partial charge in [-0.1, -0.05) is 6.07 Å². The van der Waals surface area contributed by atoms with E-state index in [1.807, 2.05) is 0 Å². The average Bonchev–Trinajstić information content (AvgIpc) is 2.28. The van der Waals surface area contributed by atoms with Crippen LogP contribution in [0, 0.1) is 0 Å². The summed E-state index contributed by atoms with van der Waals surface area (Å²) in [7, 11) is 0. The van der Waals surface area contributed by atoms with Gasteiger partial charge in [0.1, 0.15) is 0 Å². The van der Waals surface area contributed by atoms with E-state index in [9.17, 15) is 17.5 Å². The minimum atomic E-state index is -3.01. The summed E-state index contributed by atoms with van der Waals surface area (Å²) in [6.45, 7) is -3.01. The topological polar surface area (TPSA) is 62.2 Å². The molecule has 1 aromatic heterocycles. The zero-order valence-corrected chi connectivity index (χ0v) is 12.1. The van der Waals surface area contributed by atoms with Gasteiger partial charge in [0.25, 0.3) is 0 Å². The van der Waals surface area contributed by atoms with E-state index in [1.165, 1.54) is 30.5 Å². The van der Waals surface area contributed by atoms with Gasteiger partial charge in [-0.15, -0.1) is 0 Å². The van der Waals surface area contributed by atoms with Crippen LogP contribution in [0.5, 0.6) is 5.88 Å². The smallest absolute Gasteiger partial charge is 0.768 e. The van der Waals surface area contributed by atoms with Crippen LogP contribution in [0.1, 0.15) is 0 Å². The van der Waals surface area contributed by atoms with E-state index < -0.39 is 17.7 Å². The van der Waals surface area contributed by atoms with Crippen LogP contribution < -0.4 is 34.3 Å². The van der Waals surface area contributed by atoms with Crippen molar-refractivity contribution in [2.24, 2.45) is 0 Å². The van der Waals surface area contributed by atoms with Crippen molar-refractivity contribution in [2.75, 3.05) is 0 Å². The maximum absolute atomic E-state index is 12.1. The fourth-order valence-corrected chi connectivity index (χ4v) is 2.02.